The summed E-state index contributed by atoms with van der Waals surface area (Å²) in [6, 6.07) is 16.3. The third-order valence-electron chi connectivity index (χ3n) is 5.87. The minimum atomic E-state index is -0.0207. The summed E-state index contributed by atoms with van der Waals surface area (Å²) in [5.41, 5.74) is 4.98. The summed E-state index contributed by atoms with van der Waals surface area (Å²) in [6.07, 6.45) is 6.41. The van der Waals surface area contributed by atoms with Crippen molar-refractivity contribution in [1.82, 2.24) is 29.3 Å². The van der Waals surface area contributed by atoms with Gasteiger partial charge in [0, 0.05) is 12.1 Å². The minimum absolute atomic E-state index is 0.0207. The Hall–Kier alpha value is -3.19. The van der Waals surface area contributed by atoms with Crippen LogP contribution >= 0.6 is 11.6 Å². The standard InChI is InChI=1S/C25H29ClN6O/c1-3-5-10-23-24(26)30(16-6-4-2)25(33)31(23)17-19-12-14-20(15-13-19)21-9-7-8-11-22(21)32-18-27-28-29-32/h7-9,11-15,18H,3-6,10,16-17H2,1-2H3. The summed E-state index contributed by atoms with van der Waals surface area (Å²) in [7, 11) is 0. The molecule has 2 aromatic heterocycles. The molecule has 172 valence electrons. The maximum Gasteiger partial charge on any atom is 0.329 e. The molecule has 0 aliphatic rings. The molecular formula is C25H29ClN6O. The zero-order valence-corrected chi connectivity index (χ0v) is 19.9. The van der Waals surface area contributed by atoms with Gasteiger partial charge in [0.25, 0.3) is 0 Å². The van der Waals surface area contributed by atoms with Crippen molar-refractivity contribution in [2.75, 3.05) is 0 Å². The lowest BCUT2D eigenvalue weighted by Crippen LogP contribution is -2.25. The molecular weight excluding hydrogens is 436 g/mol. The largest absolute Gasteiger partial charge is 0.329 e. The summed E-state index contributed by atoms with van der Waals surface area (Å²) >= 11 is 6.67. The van der Waals surface area contributed by atoms with E-state index in [9.17, 15) is 4.79 Å². The Bertz CT molecular complexity index is 1240. The zero-order chi connectivity index (χ0) is 23.2. The van der Waals surface area contributed by atoms with Gasteiger partial charge in [0.2, 0.25) is 0 Å². The van der Waals surface area contributed by atoms with Gasteiger partial charge in [0.05, 0.1) is 17.9 Å². The van der Waals surface area contributed by atoms with Gasteiger partial charge in [-0.2, -0.15) is 4.68 Å². The van der Waals surface area contributed by atoms with Crippen molar-refractivity contribution < 1.29 is 0 Å². The quantitative estimate of drug-likeness (QED) is 0.326. The van der Waals surface area contributed by atoms with E-state index in [0.717, 1.165) is 60.2 Å². The van der Waals surface area contributed by atoms with Gasteiger partial charge in [-0.3, -0.25) is 9.13 Å². The van der Waals surface area contributed by atoms with E-state index in [4.69, 9.17) is 11.6 Å². The normalized spacial score (nSPS) is 11.2. The molecule has 0 bridgehead atoms. The fourth-order valence-corrected chi connectivity index (χ4v) is 4.38. The van der Waals surface area contributed by atoms with E-state index < -0.39 is 0 Å². The molecule has 0 unspecified atom stereocenters. The van der Waals surface area contributed by atoms with E-state index in [1.807, 2.05) is 28.8 Å². The van der Waals surface area contributed by atoms with Crippen LogP contribution in [0, 0.1) is 0 Å². The SMILES string of the molecule is CCCCc1c(Cl)n(CCCC)c(=O)n1Cc1ccc(-c2ccccc2-n2cnnn2)cc1. The Balaban J connectivity index is 1.64. The first-order valence-corrected chi connectivity index (χ1v) is 11.9. The summed E-state index contributed by atoms with van der Waals surface area (Å²) < 4.78 is 5.23. The Morgan fingerprint density at radius 2 is 1.70 bits per heavy atom. The monoisotopic (exact) mass is 464 g/mol. The highest BCUT2D eigenvalue weighted by atomic mass is 35.5. The molecule has 0 atom stereocenters. The molecule has 4 aromatic rings. The van der Waals surface area contributed by atoms with Crippen LogP contribution in [0.2, 0.25) is 5.15 Å². The number of hydrogen-bond acceptors (Lipinski definition) is 4. The Kier molecular flexibility index (Phi) is 7.40. The second-order valence-corrected chi connectivity index (χ2v) is 8.54. The number of para-hydroxylation sites is 1. The van der Waals surface area contributed by atoms with Crippen molar-refractivity contribution >= 4 is 11.6 Å². The predicted molar refractivity (Wildman–Crippen MR) is 131 cm³/mol. The van der Waals surface area contributed by atoms with Crippen molar-refractivity contribution in [3.05, 3.63) is 81.8 Å². The zero-order valence-electron chi connectivity index (χ0n) is 19.1. The van der Waals surface area contributed by atoms with Crippen LogP contribution in [-0.4, -0.2) is 29.3 Å². The van der Waals surface area contributed by atoms with Crippen LogP contribution in [0.4, 0.5) is 0 Å². The van der Waals surface area contributed by atoms with E-state index in [1.54, 1.807) is 15.6 Å². The molecule has 8 heteroatoms. The molecule has 0 N–H and O–H groups in total. The average Bonchev–Trinajstić information content (AvgIpc) is 3.45. The van der Waals surface area contributed by atoms with Gasteiger partial charge in [-0.15, -0.1) is 5.10 Å². The number of tetrazole rings is 1. The van der Waals surface area contributed by atoms with Crippen LogP contribution in [-0.2, 0) is 19.5 Å². The highest BCUT2D eigenvalue weighted by Crippen LogP contribution is 2.27. The summed E-state index contributed by atoms with van der Waals surface area (Å²) in [6.45, 7) is 5.43. The van der Waals surface area contributed by atoms with E-state index >= 15 is 0 Å². The lowest BCUT2D eigenvalue weighted by Gasteiger charge is -2.11. The van der Waals surface area contributed by atoms with E-state index in [0.29, 0.717) is 18.2 Å². The third-order valence-corrected chi connectivity index (χ3v) is 6.29. The van der Waals surface area contributed by atoms with Crippen LogP contribution in [0.5, 0.6) is 0 Å². The van der Waals surface area contributed by atoms with E-state index in [2.05, 4.69) is 53.6 Å². The highest BCUT2D eigenvalue weighted by Gasteiger charge is 2.18. The maximum atomic E-state index is 13.2. The molecule has 0 aliphatic heterocycles. The molecule has 0 saturated heterocycles. The van der Waals surface area contributed by atoms with Crippen molar-refractivity contribution in [3.63, 3.8) is 0 Å². The molecule has 2 aromatic carbocycles. The molecule has 0 amide bonds. The number of hydrogen-bond donors (Lipinski definition) is 0. The third kappa shape index (κ3) is 4.93. The predicted octanol–water partition coefficient (Wildman–Crippen LogP) is 5.14. The molecule has 0 spiro atoms. The van der Waals surface area contributed by atoms with Crippen molar-refractivity contribution in [2.24, 2.45) is 0 Å². The molecule has 0 radical (unpaired) electrons. The summed E-state index contributed by atoms with van der Waals surface area (Å²) in [4.78, 5) is 13.2. The van der Waals surface area contributed by atoms with Gasteiger partial charge in [-0.1, -0.05) is 80.8 Å². The number of imidazole rings is 1. The number of nitrogens with zero attached hydrogens (tertiary/aromatic N) is 6. The maximum absolute atomic E-state index is 13.2. The fraction of sp³-hybridized carbons (Fsp3) is 0.360. The van der Waals surface area contributed by atoms with Gasteiger partial charge >= 0.3 is 5.69 Å². The first-order chi connectivity index (χ1) is 16.1. The summed E-state index contributed by atoms with van der Waals surface area (Å²) in [5, 5.41) is 12.1. The molecule has 0 saturated carbocycles. The van der Waals surface area contributed by atoms with E-state index in [1.165, 1.54) is 0 Å². The molecule has 4 rings (SSSR count). The van der Waals surface area contributed by atoms with Gasteiger partial charge < -0.3 is 0 Å². The van der Waals surface area contributed by atoms with Gasteiger partial charge in [-0.05, 0) is 46.9 Å². The van der Waals surface area contributed by atoms with Crippen LogP contribution in [0.25, 0.3) is 16.8 Å². The molecule has 7 nitrogen and oxygen atoms in total. The van der Waals surface area contributed by atoms with Crippen LogP contribution in [0.15, 0.2) is 59.7 Å². The summed E-state index contributed by atoms with van der Waals surface area (Å²) in [5.74, 6) is 0. The molecule has 2 heterocycles. The fourth-order valence-electron chi connectivity index (χ4n) is 4.03. The minimum Gasteiger partial charge on any atom is -0.290 e. The number of rotatable bonds is 10. The number of unbranched alkanes of at least 4 members (excludes halogenated alkanes) is 2. The van der Waals surface area contributed by atoms with Crippen LogP contribution in [0.3, 0.4) is 0 Å². The second kappa shape index (κ2) is 10.6. The molecule has 0 aliphatic carbocycles. The highest BCUT2D eigenvalue weighted by molar-refractivity contribution is 6.30. The van der Waals surface area contributed by atoms with Crippen molar-refractivity contribution in [1.29, 1.82) is 0 Å². The van der Waals surface area contributed by atoms with Crippen LogP contribution in [0.1, 0.15) is 50.8 Å². The number of benzene rings is 2. The lowest BCUT2D eigenvalue weighted by molar-refractivity contribution is 0.592. The van der Waals surface area contributed by atoms with Crippen molar-refractivity contribution in [2.45, 2.75) is 59.0 Å². The van der Waals surface area contributed by atoms with Gasteiger partial charge in [0.15, 0.2) is 0 Å². The first-order valence-electron chi connectivity index (χ1n) is 11.5. The van der Waals surface area contributed by atoms with E-state index in [-0.39, 0.29) is 5.69 Å². The Labute approximate surface area is 198 Å². The van der Waals surface area contributed by atoms with Gasteiger partial charge in [0.1, 0.15) is 11.5 Å². The van der Waals surface area contributed by atoms with Crippen molar-refractivity contribution in [3.8, 4) is 16.8 Å². The smallest absolute Gasteiger partial charge is 0.290 e. The Morgan fingerprint density at radius 3 is 2.39 bits per heavy atom. The number of halogens is 1. The molecule has 33 heavy (non-hydrogen) atoms. The Morgan fingerprint density at radius 1 is 0.939 bits per heavy atom. The first kappa shape index (κ1) is 23.0. The van der Waals surface area contributed by atoms with Crippen LogP contribution < -0.4 is 5.69 Å². The topological polar surface area (TPSA) is 70.5 Å². The molecule has 0 fully saturated rings. The average molecular weight is 465 g/mol. The number of aromatic nitrogens is 6. The van der Waals surface area contributed by atoms with Gasteiger partial charge in [-0.25, -0.2) is 4.79 Å². The second-order valence-electron chi connectivity index (χ2n) is 8.18. The lowest BCUT2D eigenvalue weighted by atomic mass is 10.0.